The van der Waals surface area contributed by atoms with Crippen molar-refractivity contribution in [3.05, 3.63) is 23.8 Å². The van der Waals surface area contributed by atoms with Gasteiger partial charge in [0.15, 0.2) is 11.5 Å². The van der Waals surface area contributed by atoms with Crippen LogP contribution in [0.2, 0.25) is 0 Å². The van der Waals surface area contributed by atoms with E-state index in [1.165, 1.54) is 0 Å². The number of hydrogen-bond acceptors (Lipinski definition) is 4. The van der Waals surface area contributed by atoms with Crippen LogP contribution in [0.1, 0.15) is 44.3 Å². The monoisotopic (exact) mass is 294 g/mol. The number of aliphatic hydroxyl groups is 1. The number of hydrogen-bond donors (Lipinski definition) is 2. The lowest BCUT2D eigenvalue weighted by Crippen LogP contribution is -2.22. The highest BCUT2D eigenvalue weighted by Crippen LogP contribution is 2.35. The molecule has 0 fully saturated rings. The van der Waals surface area contributed by atoms with Gasteiger partial charge in [0.2, 0.25) is 0 Å². The summed E-state index contributed by atoms with van der Waals surface area (Å²) in [5.41, 5.74) is 0.558. The zero-order valence-electron chi connectivity index (χ0n) is 12.2. The summed E-state index contributed by atoms with van der Waals surface area (Å²) in [6.07, 6.45) is 1.91. The van der Waals surface area contributed by atoms with Crippen molar-refractivity contribution in [3.63, 3.8) is 0 Å². The first-order valence-electron chi connectivity index (χ1n) is 7.44. The van der Waals surface area contributed by atoms with Gasteiger partial charge in [-0.05, 0) is 24.1 Å². The molecule has 2 rings (SSSR count). The fourth-order valence-electron chi connectivity index (χ4n) is 2.44. The van der Waals surface area contributed by atoms with Gasteiger partial charge in [0.25, 0.3) is 0 Å². The zero-order chi connectivity index (χ0) is 15.2. The number of carboxylic acids is 1. The minimum absolute atomic E-state index is 0.460. The van der Waals surface area contributed by atoms with Crippen LogP contribution in [0.15, 0.2) is 18.2 Å². The Hall–Kier alpha value is -1.75. The second-order valence-electron chi connectivity index (χ2n) is 5.29. The van der Waals surface area contributed by atoms with E-state index in [9.17, 15) is 15.0 Å². The van der Waals surface area contributed by atoms with Gasteiger partial charge in [0, 0.05) is 6.42 Å². The number of rotatable bonds is 6. The van der Waals surface area contributed by atoms with Crippen LogP contribution in [-0.4, -0.2) is 29.4 Å². The number of carboxylic acid groups (broad SMARTS) is 1. The minimum Gasteiger partial charge on any atom is -0.490 e. The smallest absolute Gasteiger partial charge is 0.309 e. The van der Waals surface area contributed by atoms with Crippen molar-refractivity contribution in [2.45, 2.75) is 38.7 Å². The summed E-state index contributed by atoms with van der Waals surface area (Å²) >= 11 is 0. The van der Waals surface area contributed by atoms with E-state index in [4.69, 9.17) is 9.47 Å². The highest BCUT2D eigenvalue weighted by Gasteiger charge is 2.28. The van der Waals surface area contributed by atoms with Gasteiger partial charge in [-0.15, -0.1) is 0 Å². The molecule has 0 bridgehead atoms. The molecule has 1 aromatic carbocycles. The number of carbonyl (C=O) groups is 1. The Labute approximate surface area is 124 Å². The maximum Gasteiger partial charge on any atom is 0.309 e. The molecule has 0 aliphatic carbocycles. The summed E-state index contributed by atoms with van der Waals surface area (Å²) in [6, 6.07) is 5.13. The van der Waals surface area contributed by atoms with Crippen molar-refractivity contribution in [3.8, 4) is 11.5 Å². The number of fused-ring (bicyclic) bond motifs is 1. The molecule has 1 aliphatic heterocycles. The molecule has 0 radical (unpaired) electrons. The van der Waals surface area contributed by atoms with Crippen molar-refractivity contribution in [1.29, 1.82) is 0 Å². The van der Waals surface area contributed by atoms with Crippen LogP contribution in [-0.2, 0) is 4.79 Å². The molecular weight excluding hydrogens is 272 g/mol. The predicted molar refractivity (Wildman–Crippen MR) is 77.7 cm³/mol. The molecule has 21 heavy (non-hydrogen) atoms. The van der Waals surface area contributed by atoms with Gasteiger partial charge in [0.1, 0.15) is 0 Å². The van der Waals surface area contributed by atoms with E-state index in [0.717, 1.165) is 19.3 Å². The zero-order valence-corrected chi connectivity index (χ0v) is 12.2. The van der Waals surface area contributed by atoms with Gasteiger partial charge in [0.05, 0.1) is 25.2 Å². The van der Waals surface area contributed by atoms with Crippen molar-refractivity contribution in [2.75, 3.05) is 13.2 Å². The lowest BCUT2D eigenvalue weighted by Gasteiger charge is -2.20. The molecule has 0 saturated carbocycles. The first-order chi connectivity index (χ1) is 10.1. The van der Waals surface area contributed by atoms with E-state index in [1.807, 2.05) is 6.92 Å². The fourth-order valence-corrected chi connectivity index (χ4v) is 2.44. The fraction of sp³-hybridized carbons (Fsp3) is 0.562. The van der Waals surface area contributed by atoms with Crippen LogP contribution < -0.4 is 9.47 Å². The van der Waals surface area contributed by atoms with E-state index < -0.39 is 18.0 Å². The molecule has 1 heterocycles. The normalized spacial score (nSPS) is 16.9. The topological polar surface area (TPSA) is 76.0 Å². The van der Waals surface area contributed by atoms with Gasteiger partial charge in [-0.25, -0.2) is 0 Å². The van der Waals surface area contributed by atoms with E-state index >= 15 is 0 Å². The summed E-state index contributed by atoms with van der Waals surface area (Å²) < 4.78 is 11.1. The van der Waals surface area contributed by atoms with Crippen LogP contribution in [0, 0.1) is 5.92 Å². The van der Waals surface area contributed by atoms with Crippen molar-refractivity contribution in [1.82, 2.24) is 0 Å². The predicted octanol–water partition coefficient (Wildman–Crippen LogP) is 2.77. The number of benzene rings is 1. The highest BCUT2D eigenvalue weighted by atomic mass is 16.5. The molecular formula is C16H22O5. The van der Waals surface area contributed by atoms with Gasteiger partial charge in [-0.3, -0.25) is 4.79 Å². The summed E-state index contributed by atoms with van der Waals surface area (Å²) in [4.78, 5) is 11.3. The second kappa shape index (κ2) is 7.31. The molecule has 1 aromatic rings. The van der Waals surface area contributed by atoms with Gasteiger partial charge >= 0.3 is 5.97 Å². The third-order valence-electron chi connectivity index (χ3n) is 3.68. The Balaban J connectivity index is 2.19. The Morgan fingerprint density at radius 3 is 2.67 bits per heavy atom. The van der Waals surface area contributed by atoms with E-state index in [1.54, 1.807) is 18.2 Å². The number of ether oxygens (including phenoxy) is 2. The lowest BCUT2D eigenvalue weighted by molar-refractivity contribution is -0.146. The Kier molecular flexibility index (Phi) is 5.44. The molecule has 0 saturated heterocycles. The molecule has 0 spiro atoms. The molecule has 116 valence electrons. The molecule has 2 N–H and O–H groups in total. The Morgan fingerprint density at radius 1 is 1.29 bits per heavy atom. The maximum atomic E-state index is 11.3. The molecule has 0 amide bonds. The van der Waals surface area contributed by atoms with Crippen LogP contribution >= 0.6 is 0 Å². The number of unbranched alkanes of at least 4 members (excludes halogenated alkanes) is 1. The molecule has 1 aliphatic rings. The molecule has 2 unspecified atom stereocenters. The third kappa shape index (κ3) is 3.88. The molecule has 5 nitrogen and oxygen atoms in total. The largest absolute Gasteiger partial charge is 0.490 e. The summed E-state index contributed by atoms with van der Waals surface area (Å²) in [7, 11) is 0. The average Bonchev–Trinajstić information content (AvgIpc) is 2.71. The second-order valence-corrected chi connectivity index (χ2v) is 5.29. The SMILES string of the molecule is CCCCC(C(=O)O)C(O)c1ccc2c(c1)OCCCO2. The number of aliphatic carboxylic acids is 1. The molecule has 5 heteroatoms. The molecule has 0 aromatic heterocycles. The number of aliphatic hydroxyl groups excluding tert-OH is 1. The van der Waals surface area contributed by atoms with E-state index in [2.05, 4.69) is 0 Å². The summed E-state index contributed by atoms with van der Waals surface area (Å²) in [6.45, 7) is 3.16. The summed E-state index contributed by atoms with van der Waals surface area (Å²) in [5, 5.41) is 19.7. The minimum atomic E-state index is -1.04. The van der Waals surface area contributed by atoms with Crippen LogP contribution in [0.3, 0.4) is 0 Å². The highest BCUT2D eigenvalue weighted by molar-refractivity contribution is 5.71. The van der Waals surface area contributed by atoms with Gasteiger partial charge in [-0.1, -0.05) is 25.8 Å². The average molecular weight is 294 g/mol. The quantitative estimate of drug-likeness (QED) is 0.843. The first kappa shape index (κ1) is 15.6. The van der Waals surface area contributed by atoms with E-state index in [0.29, 0.717) is 36.7 Å². The van der Waals surface area contributed by atoms with Crippen LogP contribution in [0.25, 0.3) is 0 Å². The lowest BCUT2D eigenvalue weighted by atomic mass is 9.91. The maximum absolute atomic E-state index is 11.3. The van der Waals surface area contributed by atoms with Gasteiger partial charge in [-0.2, -0.15) is 0 Å². The summed E-state index contributed by atoms with van der Waals surface area (Å²) in [5.74, 6) is -0.551. The van der Waals surface area contributed by atoms with Crippen molar-refractivity contribution in [2.24, 2.45) is 5.92 Å². The third-order valence-corrected chi connectivity index (χ3v) is 3.68. The van der Waals surface area contributed by atoms with Crippen LogP contribution in [0.4, 0.5) is 0 Å². The first-order valence-corrected chi connectivity index (χ1v) is 7.44. The van der Waals surface area contributed by atoms with Crippen LogP contribution in [0.5, 0.6) is 11.5 Å². The standard InChI is InChI=1S/C16H22O5/c1-2-3-5-12(16(18)19)15(17)11-6-7-13-14(10-11)21-9-4-8-20-13/h6-7,10,12,15,17H,2-5,8-9H2,1H3,(H,18,19). The van der Waals surface area contributed by atoms with Crippen molar-refractivity contribution >= 4 is 5.97 Å². The van der Waals surface area contributed by atoms with Crippen molar-refractivity contribution < 1.29 is 24.5 Å². The van der Waals surface area contributed by atoms with E-state index in [-0.39, 0.29) is 0 Å². The van der Waals surface area contributed by atoms with Gasteiger partial charge < -0.3 is 19.7 Å². The Morgan fingerprint density at radius 2 is 2.00 bits per heavy atom. The molecule has 2 atom stereocenters. The Bertz CT molecular complexity index is 486.